The van der Waals surface area contributed by atoms with Crippen molar-refractivity contribution in [2.75, 3.05) is 32.8 Å². The Labute approximate surface area is 130 Å². The van der Waals surface area contributed by atoms with Crippen LogP contribution in [0.3, 0.4) is 0 Å². The van der Waals surface area contributed by atoms with E-state index >= 15 is 0 Å². The molecule has 1 amide bonds. The fraction of sp³-hybridized carbons (Fsp3) is 0.588. The zero-order valence-electron chi connectivity index (χ0n) is 12.6. The molecule has 0 bridgehead atoms. The van der Waals surface area contributed by atoms with Gasteiger partial charge in [0.15, 0.2) is 0 Å². The second kappa shape index (κ2) is 5.56. The summed E-state index contributed by atoms with van der Waals surface area (Å²) in [4.78, 5) is 17.0. The number of benzene rings is 1. The van der Waals surface area contributed by atoms with E-state index in [1.165, 1.54) is 18.9 Å². The third-order valence-electron chi connectivity index (χ3n) is 4.99. The molecule has 22 heavy (non-hydrogen) atoms. The summed E-state index contributed by atoms with van der Waals surface area (Å²) >= 11 is 0. The summed E-state index contributed by atoms with van der Waals surface area (Å²) in [6, 6.07) is 6.92. The number of likely N-dealkylation sites (tertiary alicyclic amines) is 1. The van der Waals surface area contributed by atoms with Crippen LogP contribution in [0.1, 0.15) is 23.2 Å². The molecule has 118 valence electrons. The number of fused-ring (bicyclic) bond motifs is 1. The minimum atomic E-state index is -0.0136. The van der Waals surface area contributed by atoms with E-state index < -0.39 is 0 Å². The molecule has 4 rings (SSSR count). The van der Waals surface area contributed by atoms with Gasteiger partial charge in [0.2, 0.25) is 0 Å². The van der Waals surface area contributed by atoms with Crippen LogP contribution in [0.4, 0.5) is 0 Å². The summed E-state index contributed by atoms with van der Waals surface area (Å²) < 4.78 is 5.89. The van der Waals surface area contributed by atoms with Crippen molar-refractivity contribution in [1.29, 1.82) is 0 Å². The molecule has 3 fully saturated rings. The van der Waals surface area contributed by atoms with Gasteiger partial charge in [-0.25, -0.2) is 0 Å². The predicted octanol–water partition coefficient (Wildman–Crippen LogP) is 1.33. The van der Waals surface area contributed by atoms with Crippen molar-refractivity contribution in [1.82, 2.24) is 9.80 Å². The predicted molar refractivity (Wildman–Crippen MR) is 81.8 cm³/mol. The van der Waals surface area contributed by atoms with Crippen LogP contribution >= 0.6 is 0 Å². The van der Waals surface area contributed by atoms with E-state index in [-0.39, 0.29) is 17.8 Å². The first-order valence-electron chi connectivity index (χ1n) is 8.14. The molecule has 1 aromatic carbocycles. The first kappa shape index (κ1) is 14.0. The smallest absolute Gasteiger partial charge is 0.254 e. The molecule has 3 aliphatic rings. The number of ether oxygens (including phenoxy) is 1. The van der Waals surface area contributed by atoms with Crippen molar-refractivity contribution < 1.29 is 14.6 Å². The van der Waals surface area contributed by atoms with Crippen LogP contribution in [0.2, 0.25) is 0 Å². The Morgan fingerprint density at radius 3 is 2.95 bits per heavy atom. The first-order valence-corrected chi connectivity index (χ1v) is 8.14. The number of amides is 1. The first-order chi connectivity index (χ1) is 10.7. The lowest BCUT2D eigenvalue weighted by molar-refractivity contribution is -0.0484. The van der Waals surface area contributed by atoms with E-state index in [1.807, 2.05) is 4.90 Å². The highest BCUT2D eigenvalue weighted by Gasteiger charge is 2.43. The largest absolute Gasteiger partial charge is 0.508 e. The average Bonchev–Trinajstić information content (AvgIpc) is 3.22. The van der Waals surface area contributed by atoms with Gasteiger partial charge >= 0.3 is 0 Å². The van der Waals surface area contributed by atoms with Crippen molar-refractivity contribution in [3.8, 4) is 5.75 Å². The van der Waals surface area contributed by atoms with Gasteiger partial charge in [-0.3, -0.25) is 9.69 Å². The van der Waals surface area contributed by atoms with Gasteiger partial charge in [0.05, 0.1) is 18.8 Å². The van der Waals surface area contributed by atoms with Crippen LogP contribution < -0.4 is 0 Å². The quantitative estimate of drug-likeness (QED) is 0.915. The lowest BCUT2D eigenvalue weighted by Gasteiger charge is -2.36. The number of carbonyl (C=O) groups excluding carboxylic acids is 1. The Balaban J connectivity index is 1.47. The zero-order chi connectivity index (χ0) is 15.1. The number of aromatic hydroxyl groups is 1. The van der Waals surface area contributed by atoms with Crippen molar-refractivity contribution in [3.63, 3.8) is 0 Å². The van der Waals surface area contributed by atoms with E-state index in [9.17, 15) is 9.90 Å². The van der Waals surface area contributed by atoms with E-state index in [4.69, 9.17) is 4.74 Å². The lowest BCUT2D eigenvalue weighted by Crippen LogP contribution is -2.51. The Bertz CT molecular complexity index is 573. The molecule has 0 unspecified atom stereocenters. The molecule has 0 aromatic heterocycles. The van der Waals surface area contributed by atoms with Crippen LogP contribution in [0.15, 0.2) is 24.3 Å². The average molecular weight is 302 g/mol. The van der Waals surface area contributed by atoms with Crippen molar-refractivity contribution in [2.45, 2.75) is 25.0 Å². The second-order valence-corrected chi connectivity index (χ2v) is 6.68. The highest BCUT2D eigenvalue weighted by molar-refractivity contribution is 5.94. The van der Waals surface area contributed by atoms with Crippen LogP contribution in [0.25, 0.3) is 0 Å². The molecule has 5 nitrogen and oxygen atoms in total. The molecule has 1 saturated carbocycles. The third-order valence-corrected chi connectivity index (χ3v) is 4.99. The number of hydrogen-bond donors (Lipinski definition) is 1. The third kappa shape index (κ3) is 2.71. The van der Waals surface area contributed by atoms with Crippen molar-refractivity contribution >= 4 is 5.91 Å². The van der Waals surface area contributed by atoms with Gasteiger partial charge < -0.3 is 14.7 Å². The summed E-state index contributed by atoms with van der Waals surface area (Å²) in [6.07, 6.45) is 2.83. The molecule has 1 N–H and O–H groups in total. The van der Waals surface area contributed by atoms with E-state index in [0.29, 0.717) is 18.2 Å². The Morgan fingerprint density at radius 2 is 2.18 bits per heavy atom. The molecule has 2 saturated heterocycles. The monoisotopic (exact) mass is 302 g/mol. The Kier molecular flexibility index (Phi) is 3.54. The summed E-state index contributed by atoms with van der Waals surface area (Å²) in [5.41, 5.74) is 0.549. The highest BCUT2D eigenvalue weighted by atomic mass is 16.5. The normalized spacial score (nSPS) is 28.6. The van der Waals surface area contributed by atoms with E-state index in [2.05, 4.69) is 4.90 Å². The molecule has 2 aliphatic heterocycles. The number of nitrogens with zero attached hydrogens (tertiary/aromatic N) is 2. The molecule has 2 heterocycles. The molecule has 1 aliphatic carbocycles. The molecule has 0 spiro atoms. The minimum absolute atomic E-state index is 0.0136. The SMILES string of the molecule is O=C(c1cccc(O)c1)N1C[C@@H]2OCCN(CC3CC3)[C@@H]2C1. The number of hydrogen-bond acceptors (Lipinski definition) is 4. The molecular formula is C17H22N2O3. The lowest BCUT2D eigenvalue weighted by atomic mass is 10.1. The fourth-order valence-electron chi connectivity index (χ4n) is 3.60. The molecular weight excluding hydrogens is 280 g/mol. The summed E-state index contributed by atoms with van der Waals surface area (Å²) in [5.74, 6) is 0.976. The topological polar surface area (TPSA) is 53.0 Å². The number of phenols is 1. The van der Waals surface area contributed by atoms with Crippen LogP contribution in [0, 0.1) is 5.92 Å². The maximum atomic E-state index is 12.6. The van der Waals surface area contributed by atoms with Crippen molar-refractivity contribution in [3.05, 3.63) is 29.8 Å². The van der Waals surface area contributed by atoms with E-state index in [1.54, 1.807) is 18.2 Å². The number of phenolic OH excluding ortho intramolecular Hbond substituents is 1. The maximum Gasteiger partial charge on any atom is 0.254 e. The highest BCUT2D eigenvalue weighted by Crippen LogP contribution is 2.33. The minimum Gasteiger partial charge on any atom is -0.508 e. The van der Waals surface area contributed by atoms with Gasteiger partial charge in [0, 0.05) is 31.7 Å². The molecule has 5 heteroatoms. The number of rotatable bonds is 3. The summed E-state index contributed by atoms with van der Waals surface area (Å²) in [5, 5.41) is 9.56. The second-order valence-electron chi connectivity index (χ2n) is 6.68. The van der Waals surface area contributed by atoms with Gasteiger partial charge in [-0.05, 0) is 37.0 Å². The zero-order valence-corrected chi connectivity index (χ0v) is 12.6. The van der Waals surface area contributed by atoms with E-state index in [0.717, 1.165) is 32.2 Å². The van der Waals surface area contributed by atoms with Crippen LogP contribution in [0.5, 0.6) is 5.75 Å². The van der Waals surface area contributed by atoms with Crippen LogP contribution in [-0.4, -0.2) is 65.7 Å². The Morgan fingerprint density at radius 1 is 1.32 bits per heavy atom. The van der Waals surface area contributed by atoms with Gasteiger partial charge in [0.25, 0.3) is 5.91 Å². The molecule has 0 radical (unpaired) electrons. The van der Waals surface area contributed by atoms with Gasteiger partial charge in [-0.15, -0.1) is 0 Å². The standard InChI is InChI=1S/C17H22N2O3/c20-14-3-1-2-13(8-14)17(21)19-10-15-16(11-19)22-7-6-18(15)9-12-4-5-12/h1-3,8,12,15-16,20H,4-7,9-11H2/t15-,16+/m1/s1. The number of morpholine rings is 1. The number of carbonyl (C=O) groups is 1. The van der Waals surface area contributed by atoms with Crippen LogP contribution in [-0.2, 0) is 4.74 Å². The van der Waals surface area contributed by atoms with Gasteiger partial charge in [0.1, 0.15) is 5.75 Å². The summed E-state index contributed by atoms with van der Waals surface area (Å²) in [6.45, 7) is 4.28. The van der Waals surface area contributed by atoms with Gasteiger partial charge in [-0.2, -0.15) is 0 Å². The van der Waals surface area contributed by atoms with Gasteiger partial charge in [-0.1, -0.05) is 6.07 Å². The molecule has 1 aromatic rings. The summed E-state index contributed by atoms with van der Waals surface area (Å²) in [7, 11) is 0. The molecule has 2 atom stereocenters. The Hall–Kier alpha value is -1.59. The van der Waals surface area contributed by atoms with Crippen molar-refractivity contribution in [2.24, 2.45) is 5.92 Å². The maximum absolute atomic E-state index is 12.6. The fourth-order valence-corrected chi connectivity index (χ4v) is 3.60.